The van der Waals surface area contributed by atoms with Crippen molar-refractivity contribution in [2.45, 2.75) is 26.4 Å². The van der Waals surface area contributed by atoms with E-state index in [4.69, 9.17) is 4.74 Å². The Balaban J connectivity index is 2.15. The zero-order valence-electron chi connectivity index (χ0n) is 11.7. The van der Waals surface area contributed by atoms with Crippen LogP contribution in [0.25, 0.3) is 0 Å². The number of hydrogen-bond acceptors (Lipinski definition) is 2. The van der Waals surface area contributed by atoms with Crippen molar-refractivity contribution in [3.63, 3.8) is 0 Å². The third kappa shape index (κ3) is 3.36. The van der Waals surface area contributed by atoms with Gasteiger partial charge in [-0.3, -0.25) is 0 Å². The molecular weight excluding hydrogens is 236 g/mol. The minimum absolute atomic E-state index is 0.478. The van der Waals surface area contributed by atoms with E-state index in [1.165, 1.54) is 5.56 Å². The van der Waals surface area contributed by atoms with Crippen LogP contribution < -0.4 is 4.74 Å². The number of hydrogen-bond donors (Lipinski definition) is 1. The molecule has 2 nitrogen and oxygen atoms in total. The number of methoxy groups -OCH3 is 1. The van der Waals surface area contributed by atoms with E-state index in [1.54, 1.807) is 7.11 Å². The molecule has 1 atom stereocenters. The van der Waals surface area contributed by atoms with Crippen molar-refractivity contribution >= 4 is 0 Å². The fourth-order valence-electron chi connectivity index (χ4n) is 2.21. The first-order valence-electron chi connectivity index (χ1n) is 6.48. The van der Waals surface area contributed by atoms with E-state index in [1.807, 2.05) is 25.1 Å². The first-order chi connectivity index (χ1) is 9.10. The highest BCUT2D eigenvalue weighted by atomic mass is 16.5. The summed E-state index contributed by atoms with van der Waals surface area (Å²) < 4.78 is 5.18. The van der Waals surface area contributed by atoms with Gasteiger partial charge in [0.05, 0.1) is 13.2 Å². The molecule has 0 radical (unpaired) electrons. The van der Waals surface area contributed by atoms with Crippen molar-refractivity contribution in [3.8, 4) is 5.75 Å². The molecule has 0 spiro atoms. The fraction of sp³-hybridized carbons (Fsp3) is 0.294. The predicted octanol–water partition coefficient (Wildman–Crippen LogP) is 3.59. The van der Waals surface area contributed by atoms with Crippen LogP contribution in [0.5, 0.6) is 5.75 Å². The smallest absolute Gasteiger partial charge is 0.119 e. The molecular formula is C17H20O2. The lowest BCUT2D eigenvalue weighted by Crippen LogP contribution is -2.04. The molecule has 2 heteroatoms. The average Bonchev–Trinajstić information content (AvgIpc) is 2.41. The van der Waals surface area contributed by atoms with Crippen LogP contribution in [0.3, 0.4) is 0 Å². The van der Waals surface area contributed by atoms with E-state index in [2.05, 4.69) is 31.2 Å². The molecule has 2 aromatic carbocycles. The second kappa shape index (κ2) is 5.89. The minimum atomic E-state index is -0.478. The maximum absolute atomic E-state index is 10.3. The average molecular weight is 256 g/mol. The Morgan fingerprint density at radius 1 is 1.05 bits per heavy atom. The van der Waals surface area contributed by atoms with Gasteiger partial charge >= 0.3 is 0 Å². The summed E-state index contributed by atoms with van der Waals surface area (Å²) in [7, 11) is 1.65. The number of aryl methyl sites for hydroxylation is 2. The second-order valence-electron chi connectivity index (χ2n) is 4.93. The summed E-state index contributed by atoms with van der Waals surface area (Å²) >= 11 is 0. The van der Waals surface area contributed by atoms with Gasteiger partial charge in [-0.05, 0) is 42.7 Å². The molecule has 0 aliphatic carbocycles. The zero-order valence-corrected chi connectivity index (χ0v) is 11.7. The normalized spacial score (nSPS) is 12.2. The molecule has 0 aliphatic rings. The van der Waals surface area contributed by atoms with Gasteiger partial charge in [-0.25, -0.2) is 0 Å². The first-order valence-corrected chi connectivity index (χ1v) is 6.48. The summed E-state index contributed by atoms with van der Waals surface area (Å²) in [6, 6.07) is 14.1. The molecule has 1 N–H and O–H groups in total. The SMILES string of the molecule is COc1ccc(C(O)Cc2ccc(C)cc2)c(C)c1. The summed E-state index contributed by atoms with van der Waals surface area (Å²) in [5.41, 5.74) is 4.40. The molecule has 0 aliphatic heterocycles. The monoisotopic (exact) mass is 256 g/mol. The predicted molar refractivity (Wildman–Crippen MR) is 77.6 cm³/mol. The zero-order chi connectivity index (χ0) is 13.8. The van der Waals surface area contributed by atoms with E-state index in [-0.39, 0.29) is 0 Å². The standard InChI is InChI=1S/C17H20O2/c1-12-4-6-14(7-5-12)11-17(18)16-9-8-15(19-3)10-13(16)2/h4-10,17-18H,11H2,1-3H3. The Bertz CT molecular complexity index is 544. The number of benzene rings is 2. The van der Waals surface area contributed by atoms with Crippen molar-refractivity contribution in [1.82, 2.24) is 0 Å². The summed E-state index contributed by atoms with van der Waals surface area (Å²) in [6.45, 7) is 4.06. The number of aliphatic hydroxyl groups is 1. The van der Waals surface area contributed by atoms with E-state index in [0.717, 1.165) is 22.4 Å². The van der Waals surface area contributed by atoms with E-state index in [0.29, 0.717) is 6.42 Å². The Morgan fingerprint density at radius 2 is 1.74 bits per heavy atom. The second-order valence-corrected chi connectivity index (χ2v) is 4.93. The van der Waals surface area contributed by atoms with Gasteiger partial charge in [0.25, 0.3) is 0 Å². The van der Waals surface area contributed by atoms with Crippen LogP contribution >= 0.6 is 0 Å². The molecule has 1 unspecified atom stereocenters. The molecule has 0 amide bonds. The van der Waals surface area contributed by atoms with Crippen molar-refractivity contribution in [2.75, 3.05) is 7.11 Å². The van der Waals surface area contributed by atoms with Gasteiger partial charge in [0.1, 0.15) is 5.75 Å². The van der Waals surface area contributed by atoms with E-state index >= 15 is 0 Å². The maximum atomic E-state index is 10.3. The third-order valence-electron chi connectivity index (χ3n) is 3.39. The van der Waals surface area contributed by atoms with Crippen LogP contribution in [0, 0.1) is 13.8 Å². The lowest BCUT2D eigenvalue weighted by molar-refractivity contribution is 0.177. The van der Waals surface area contributed by atoms with Crippen molar-refractivity contribution in [2.24, 2.45) is 0 Å². The molecule has 2 aromatic rings. The lowest BCUT2D eigenvalue weighted by Gasteiger charge is -2.15. The largest absolute Gasteiger partial charge is 0.497 e. The molecule has 0 fully saturated rings. The number of aliphatic hydroxyl groups excluding tert-OH is 1. The Labute approximate surface area is 114 Å². The highest BCUT2D eigenvalue weighted by Crippen LogP contribution is 2.25. The molecule has 0 saturated carbocycles. The number of ether oxygens (including phenoxy) is 1. The van der Waals surface area contributed by atoms with E-state index < -0.39 is 6.10 Å². The molecule has 100 valence electrons. The van der Waals surface area contributed by atoms with E-state index in [9.17, 15) is 5.11 Å². The Hall–Kier alpha value is -1.80. The third-order valence-corrected chi connectivity index (χ3v) is 3.39. The van der Waals surface area contributed by atoms with Gasteiger partial charge in [0, 0.05) is 6.42 Å². The van der Waals surface area contributed by atoms with Gasteiger partial charge < -0.3 is 9.84 Å². The molecule has 0 heterocycles. The van der Waals surface area contributed by atoms with Gasteiger partial charge in [0.2, 0.25) is 0 Å². The molecule has 0 bridgehead atoms. The molecule has 19 heavy (non-hydrogen) atoms. The summed E-state index contributed by atoms with van der Waals surface area (Å²) in [5.74, 6) is 0.823. The molecule has 0 saturated heterocycles. The van der Waals surface area contributed by atoms with Gasteiger partial charge in [-0.2, -0.15) is 0 Å². The topological polar surface area (TPSA) is 29.5 Å². The summed E-state index contributed by atoms with van der Waals surface area (Å²) in [6.07, 6.45) is 0.154. The maximum Gasteiger partial charge on any atom is 0.119 e. The highest BCUT2D eigenvalue weighted by Gasteiger charge is 2.11. The van der Waals surface area contributed by atoms with Crippen LogP contribution in [0.15, 0.2) is 42.5 Å². The van der Waals surface area contributed by atoms with Crippen LogP contribution in [0.1, 0.15) is 28.4 Å². The fourth-order valence-corrected chi connectivity index (χ4v) is 2.21. The van der Waals surface area contributed by atoms with Crippen LogP contribution in [0.4, 0.5) is 0 Å². The van der Waals surface area contributed by atoms with Crippen molar-refractivity contribution in [1.29, 1.82) is 0 Å². The minimum Gasteiger partial charge on any atom is -0.497 e. The molecule has 2 rings (SSSR count). The van der Waals surface area contributed by atoms with Gasteiger partial charge in [-0.1, -0.05) is 35.9 Å². The van der Waals surface area contributed by atoms with Gasteiger partial charge in [-0.15, -0.1) is 0 Å². The van der Waals surface area contributed by atoms with Crippen molar-refractivity contribution in [3.05, 3.63) is 64.7 Å². The van der Waals surface area contributed by atoms with Crippen molar-refractivity contribution < 1.29 is 9.84 Å². The first kappa shape index (κ1) is 13.6. The molecule has 0 aromatic heterocycles. The Morgan fingerprint density at radius 3 is 2.32 bits per heavy atom. The quantitative estimate of drug-likeness (QED) is 0.906. The highest BCUT2D eigenvalue weighted by molar-refractivity contribution is 5.37. The van der Waals surface area contributed by atoms with Gasteiger partial charge in [0.15, 0.2) is 0 Å². The number of rotatable bonds is 4. The van der Waals surface area contributed by atoms with Crippen LogP contribution in [-0.4, -0.2) is 12.2 Å². The Kier molecular flexibility index (Phi) is 4.23. The lowest BCUT2D eigenvalue weighted by atomic mass is 9.97. The van der Waals surface area contributed by atoms with Crippen LogP contribution in [-0.2, 0) is 6.42 Å². The summed E-state index contributed by atoms with van der Waals surface area (Å²) in [5, 5.41) is 10.3. The summed E-state index contributed by atoms with van der Waals surface area (Å²) in [4.78, 5) is 0. The van der Waals surface area contributed by atoms with Crippen LogP contribution in [0.2, 0.25) is 0 Å².